The van der Waals surface area contributed by atoms with Crippen molar-refractivity contribution in [2.75, 3.05) is 0 Å². The van der Waals surface area contributed by atoms with Gasteiger partial charge < -0.3 is 8.98 Å². The summed E-state index contributed by atoms with van der Waals surface area (Å²) in [5.74, 6) is 0. The van der Waals surface area contributed by atoms with Crippen LogP contribution in [0.2, 0.25) is 0 Å². The first-order valence-corrected chi connectivity index (χ1v) is 25.8. The summed E-state index contributed by atoms with van der Waals surface area (Å²) in [6, 6.07) is 94.4. The summed E-state index contributed by atoms with van der Waals surface area (Å²) in [6.45, 7) is 4.73. The summed E-state index contributed by atoms with van der Waals surface area (Å²) >= 11 is 0. The second-order valence-electron chi connectivity index (χ2n) is 20.7. The van der Waals surface area contributed by atoms with Gasteiger partial charge in [-0.25, -0.2) is 0 Å². The minimum absolute atomic E-state index is 0.107. The van der Waals surface area contributed by atoms with Gasteiger partial charge in [0.05, 0.1) is 22.1 Å². The number of benzene rings is 11. The molecule has 348 valence electrons. The summed E-state index contributed by atoms with van der Waals surface area (Å²) in [5, 5.41) is 4.72. The predicted molar refractivity (Wildman–Crippen MR) is 308 cm³/mol. The molecule has 0 radical (unpaired) electrons. The van der Waals surface area contributed by atoms with Crippen molar-refractivity contribution in [2.24, 2.45) is 0 Å². The zero-order valence-electron chi connectivity index (χ0n) is 41.2. The molecule has 0 fully saturated rings. The Balaban J connectivity index is 0.940. The first-order valence-electron chi connectivity index (χ1n) is 25.8. The third kappa shape index (κ3) is 6.12. The van der Waals surface area contributed by atoms with Crippen LogP contribution < -0.4 is 0 Å². The molecule has 2 nitrogen and oxygen atoms in total. The third-order valence-corrected chi connectivity index (χ3v) is 16.5. The normalized spacial score (nSPS) is 15.4. The number of fused-ring (bicyclic) bond motifs is 12. The lowest BCUT2D eigenvalue weighted by molar-refractivity contribution is 0.660. The molecule has 2 aliphatic rings. The van der Waals surface area contributed by atoms with Gasteiger partial charge in [-0.05, 0) is 138 Å². The predicted octanol–water partition coefficient (Wildman–Crippen LogP) is 18.6. The summed E-state index contributed by atoms with van der Waals surface area (Å²) in [6.07, 6.45) is 2.40. The molecule has 1 unspecified atom stereocenters. The number of para-hydroxylation sites is 2. The monoisotopic (exact) mass is 943 g/mol. The maximum atomic E-state index is 6.28. The van der Waals surface area contributed by atoms with E-state index in [2.05, 4.69) is 273 Å². The van der Waals surface area contributed by atoms with Crippen molar-refractivity contribution in [3.05, 3.63) is 305 Å². The summed E-state index contributed by atoms with van der Waals surface area (Å²) in [4.78, 5) is 0. The van der Waals surface area contributed by atoms with Gasteiger partial charge in [0.2, 0.25) is 0 Å². The van der Waals surface area contributed by atoms with Gasteiger partial charge in [0, 0.05) is 32.5 Å². The molecule has 0 amide bonds. The molecule has 15 rings (SSSR count). The van der Waals surface area contributed by atoms with Crippen LogP contribution in [0.4, 0.5) is 0 Å². The van der Waals surface area contributed by atoms with Gasteiger partial charge in [-0.3, -0.25) is 0 Å². The van der Waals surface area contributed by atoms with E-state index in [9.17, 15) is 0 Å². The second-order valence-corrected chi connectivity index (χ2v) is 20.7. The second kappa shape index (κ2) is 16.1. The average Bonchev–Trinajstić information content (AvgIpc) is 4.16. The molecule has 74 heavy (non-hydrogen) atoms. The van der Waals surface area contributed by atoms with Gasteiger partial charge in [0.1, 0.15) is 11.2 Å². The molecule has 0 saturated carbocycles. The van der Waals surface area contributed by atoms with Crippen molar-refractivity contribution in [1.29, 1.82) is 0 Å². The molecule has 0 saturated heterocycles. The van der Waals surface area contributed by atoms with Gasteiger partial charge in [-0.2, -0.15) is 0 Å². The first-order chi connectivity index (χ1) is 36.4. The smallest absolute Gasteiger partial charge is 0.135 e. The molecule has 0 spiro atoms. The summed E-state index contributed by atoms with van der Waals surface area (Å²) in [5.41, 5.74) is 24.6. The fraction of sp³-hybridized carbons (Fsp3) is 0.0556. The van der Waals surface area contributed by atoms with Crippen LogP contribution in [0, 0.1) is 0 Å². The first kappa shape index (κ1) is 42.4. The molecular weight excluding hydrogens is 895 g/mol. The largest absolute Gasteiger partial charge is 0.456 e. The lowest BCUT2D eigenvalue weighted by atomic mass is 9.67. The van der Waals surface area contributed by atoms with Crippen molar-refractivity contribution >= 4 is 55.4 Å². The van der Waals surface area contributed by atoms with E-state index in [1.54, 1.807) is 0 Å². The highest BCUT2D eigenvalue weighted by Crippen LogP contribution is 2.58. The number of nitrogens with zero attached hydrogens (tertiary/aromatic N) is 1. The van der Waals surface area contributed by atoms with Crippen molar-refractivity contribution < 1.29 is 4.42 Å². The molecule has 0 N–H and O–H groups in total. The van der Waals surface area contributed by atoms with Crippen LogP contribution in [0.1, 0.15) is 63.9 Å². The van der Waals surface area contributed by atoms with Crippen molar-refractivity contribution in [1.82, 2.24) is 4.57 Å². The summed E-state index contributed by atoms with van der Waals surface area (Å²) in [7, 11) is 0. The Bertz CT molecular complexity index is 4450. The van der Waals surface area contributed by atoms with Crippen LogP contribution in [0.25, 0.3) is 94.5 Å². The van der Waals surface area contributed by atoms with Gasteiger partial charge in [-0.1, -0.05) is 220 Å². The molecule has 0 bridgehead atoms. The Kier molecular flexibility index (Phi) is 9.25. The highest BCUT2D eigenvalue weighted by molar-refractivity contribution is 6.11. The Hall–Kier alpha value is -9.24. The van der Waals surface area contributed by atoms with Gasteiger partial charge in [0.15, 0.2) is 0 Å². The average molecular weight is 944 g/mol. The standard InChI is InChI=1S/C72H49NO/c1-71(2)61-29-13-9-25-53(61)54-39-36-50(45-64(54)71)59(47-19-5-3-6-20-47)41-46-35-38-56-55-26-11-15-32-65(55)73(67(56)42-46)66-33-18-31-63-70(66)58-28-10-14-30-62(58)72(63,51-22-7-4-8-23-51)52-24-17-21-48(43-52)49-37-40-69-60(44-49)57-27-12-16-34-68(57)74-69/h3-45H,1-2H3. The van der Waals surface area contributed by atoms with Crippen molar-refractivity contribution in [3.63, 3.8) is 0 Å². The number of rotatable bonds is 7. The van der Waals surface area contributed by atoms with E-state index in [-0.39, 0.29) is 5.41 Å². The van der Waals surface area contributed by atoms with Crippen molar-refractivity contribution in [3.8, 4) is 39.1 Å². The highest BCUT2D eigenvalue weighted by atomic mass is 16.3. The van der Waals surface area contributed by atoms with E-state index in [4.69, 9.17) is 4.42 Å². The minimum Gasteiger partial charge on any atom is -0.456 e. The number of furan rings is 1. The van der Waals surface area contributed by atoms with Crippen LogP contribution in [0.5, 0.6) is 0 Å². The van der Waals surface area contributed by atoms with Gasteiger partial charge >= 0.3 is 0 Å². The molecule has 1 atom stereocenters. The molecule has 2 heteroatoms. The zero-order chi connectivity index (χ0) is 49.1. The Morgan fingerprint density at radius 2 is 1.04 bits per heavy atom. The van der Waals surface area contributed by atoms with E-state index in [0.29, 0.717) is 0 Å². The Morgan fingerprint density at radius 3 is 1.91 bits per heavy atom. The van der Waals surface area contributed by atoms with Crippen LogP contribution in [0.3, 0.4) is 0 Å². The van der Waals surface area contributed by atoms with Crippen LogP contribution >= 0.6 is 0 Å². The molecular formula is C72H49NO. The molecule has 0 aliphatic heterocycles. The summed E-state index contributed by atoms with van der Waals surface area (Å²) < 4.78 is 8.82. The van der Waals surface area contributed by atoms with E-state index < -0.39 is 5.41 Å². The molecule has 2 heterocycles. The number of hydrogen-bond donors (Lipinski definition) is 0. The maximum absolute atomic E-state index is 6.28. The molecule has 11 aromatic carbocycles. The van der Waals surface area contributed by atoms with Crippen LogP contribution in [-0.2, 0) is 10.8 Å². The van der Waals surface area contributed by atoms with E-state index >= 15 is 0 Å². The van der Waals surface area contributed by atoms with Gasteiger partial charge in [-0.15, -0.1) is 0 Å². The van der Waals surface area contributed by atoms with Gasteiger partial charge in [0.25, 0.3) is 0 Å². The van der Waals surface area contributed by atoms with Crippen LogP contribution in [-0.4, -0.2) is 4.57 Å². The highest BCUT2D eigenvalue weighted by Gasteiger charge is 2.47. The quantitative estimate of drug-likeness (QED) is 0.146. The number of aromatic nitrogens is 1. The maximum Gasteiger partial charge on any atom is 0.135 e. The SMILES string of the molecule is CC1(C)c2ccccc2-c2ccc(C(=Cc3ccc4c5ccccc5n(-c5cccc6c5-c5ccccc5C6(c5ccccc5)c5cccc(-c6ccc7oc8ccccc8c7c6)c5)c4c3)c3ccccc3)cc21. The lowest BCUT2D eigenvalue weighted by Crippen LogP contribution is -2.28. The molecule has 2 aliphatic carbocycles. The zero-order valence-corrected chi connectivity index (χ0v) is 41.2. The lowest BCUT2D eigenvalue weighted by Gasteiger charge is -2.34. The molecule has 13 aromatic rings. The Morgan fingerprint density at radius 1 is 0.392 bits per heavy atom. The van der Waals surface area contributed by atoms with E-state index in [1.807, 2.05) is 6.07 Å². The fourth-order valence-corrected chi connectivity index (χ4v) is 13.1. The molecule has 2 aromatic heterocycles. The number of hydrogen-bond acceptors (Lipinski definition) is 1. The Labute approximate surface area is 430 Å². The van der Waals surface area contributed by atoms with Crippen molar-refractivity contribution in [2.45, 2.75) is 24.7 Å². The third-order valence-electron chi connectivity index (χ3n) is 16.5. The van der Waals surface area contributed by atoms with E-state index in [0.717, 1.165) is 38.8 Å². The topological polar surface area (TPSA) is 18.1 Å². The van der Waals surface area contributed by atoms with E-state index in [1.165, 1.54) is 99.7 Å². The minimum atomic E-state index is -0.616. The fourth-order valence-electron chi connectivity index (χ4n) is 13.1. The van der Waals surface area contributed by atoms with Crippen LogP contribution in [0.15, 0.2) is 259 Å².